The fraction of sp³-hybridized carbons (Fsp3) is 0.944. The molecule has 3 aliphatic rings. The van der Waals surface area contributed by atoms with Crippen molar-refractivity contribution < 1.29 is 8.42 Å². The van der Waals surface area contributed by atoms with E-state index in [1.54, 1.807) is 4.31 Å². The van der Waals surface area contributed by atoms with Crippen LogP contribution in [0.1, 0.15) is 51.4 Å². The Balaban J connectivity index is 1.40. The quantitative estimate of drug-likeness (QED) is 0.584. The predicted octanol–water partition coefficient (Wildman–Crippen LogP) is 1.79. The summed E-state index contributed by atoms with van der Waals surface area (Å²) in [5, 5.41) is 7.09. The number of hydrogen-bond donors (Lipinski definition) is 2. The van der Waals surface area contributed by atoms with Crippen LogP contribution in [0.2, 0.25) is 0 Å². The highest BCUT2D eigenvalue weighted by molar-refractivity contribution is 7.88. The number of nitrogens with zero attached hydrogens (tertiary/aromatic N) is 2. The highest BCUT2D eigenvalue weighted by atomic mass is 32.2. The summed E-state index contributed by atoms with van der Waals surface area (Å²) in [6.45, 7) is 2.15. The first-order valence-electron chi connectivity index (χ1n) is 9.88. The molecule has 3 atom stereocenters. The van der Waals surface area contributed by atoms with E-state index in [1.807, 2.05) is 7.05 Å². The van der Waals surface area contributed by atoms with E-state index < -0.39 is 10.0 Å². The maximum absolute atomic E-state index is 11.6. The van der Waals surface area contributed by atoms with Crippen molar-refractivity contribution in [3.05, 3.63) is 0 Å². The summed E-state index contributed by atoms with van der Waals surface area (Å²) < 4.78 is 24.8. The van der Waals surface area contributed by atoms with Gasteiger partial charge in [0.25, 0.3) is 0 Å². The van der Waals surface area contributed by atoms with E-state index in [9.17, 15) is 8.42 Å². The highest BCUT2D eigenvalue weighted by Gasteiger charge is 2.34. The number of guanidine groups is 1. The molecule has 3 unspecified atom stereocenters. The van der Waals surface area contributed by atoms with Crippen molar-refractivity contribution in [2.45, 2.75) is 57.4 Å². The third-order valence-corrected chi connectivity index (χ3v) is 7.76. The zero-order valence-electron chi connectivity index (χ0n) is 15.7. The van der Waals surface area contributed by atoms with Crippen LogP contribution in [0.4, 0.5) is 0 Å². The zero-order valence-corrected chi connectivity index (χ0v) is 16.5. The summed E-state index contributed by atoms with van der Waals surface area (Å²) in [6, 6.07) is 0.553. The second-order valence-corrected chi connectivity index (χ2v) is 10.1. The van der Waals surface area contributed by atoms with Gasteiger partial charge in [0.15, 0.2) is 5.96 Å². The van der Waals surface area contributed by atoms with Crippen LogP contribution in [-0.4, -0.2) is 57.7 Å². The van der Waals surface area contributed by atoms with Gasteiger partial charge in [0.2, 0.25) is 10.0 Å². The number of rotatable bonds is 4. The molecule has 25 heavy (non-hydrogen) atoms. The van der Waals surface area contributed by atoms with Gasteiger partial charge in [-0.05, 0) is 49.9 Å². The Morgan fingerprint density at radius 3 is 2.48 bits per heavy atom. The first kappa shape index (κ1) is 19.0. The Morgan fingerprint density at radius 2 is 1.80 bits per heavy atom. The van der Waals surface area contributed by atoms with E-state index in [1.165, 1.54) is 44.8 Å². The molecule has 0 aromatic carbocycles. The van der Waals surface area contributed by atoms with Gasteiger partial charge in [0.05, 0.1) is 6.26 Å². The first-order valence-corrected chi connectivity index (χ1v) is 11.7. The number of aliphatic imine (C=N–C) groups is 1. The van der Waals surface area contributed by atoms with E-state index in [0.29, 0.717) is 25.0 Å². The molecule has 0 spiro atoms. The summed E-state index contributed by atoms with van der Waals surface area (Å²) >= 11 is 0. The zero-order chi connectivity index (χ0) is 17.9. The molecule has 2 N–H and O–H groups in total. The fourth-order valence-corrected chi connectivity index (χ4v) is 5.78. The van der Waals surface area contributed by atoms with Gasteiger partial charge in [-0.15, -0.1) is 0 Å². The largest absolute Gasteiger partial charge is 0.356 e. The Hall–Kier alpha value is -0.820. The molecular weight excluding hydrogens is 336 g/mol. The molecule has 1 aliphatic heterocycles. The molecule has 2 saturated carbocycles. The summed E-state index contributed by atoms with van der Waals surface area (Å²) in [4.78, 5) is 4.39. The van der Waals surface area contributed by atoms with E-state index in [-0.39, 0.29) is 0 Å². The molecule has 0 bridgehead atoms. The van der Waals surface area contributed by atoms with E-state index in [2.05, 4.69) is 15.6 Å². The minimum absolute atomic E-state index is 0.516. The average Bonchev–Trinajstić information content (AvgIpc) is 3.06. The lowest BCUT2D eigenvalue weighted by Crippen LogP contribution is -2.48. The molecule has 0 aromatic rings. The number of nitrogens with one attached hydrogen (secondary N) is 2. The van der Waals surface area contributed by atoms with E-state index >= 15 is 0 Å². The minimum atomic E-state index is -3.03. The summed E-state index contributed by atoms with van der Waals surface area (Å²) in [5.41, 5.74) is 0. The van der Waals surface area contributed by atoms with Gasteiger partial charge in [-0.1, -0.05) is 19.3 Å². The predicted molar refractivity (Wildman–Crippen MR) is 102 cm³/mol. The van der Waals surface area contributed by atoms with Crippen molar-refractivity contribution in [3.8, 4) is 0 Å². The van der Waals surface area contributed by atoms with Crippen LogP contribution < -0.4 is 10.6 Å². The molecule has 1 heterocycles. The lowest BCUT2D eigenvalue weighted by molar-refractivity contribution is 0.238. The van der Waals surface area contributed by atoms with Crippen LogP contribution in [0.5, 0.6) is 0 Å². The summed E-state index contributed by atoms with van der Waals surface area (Å²) in [6.07, 6.45) is 11.3. The smallest absolute Gasteiger partial charge is 0.211 e. The molecule has 0 aromatic heterocycles. The Labute approximate surface area is 152 Å². The number of sulfonamides is 1. The van der Waals surface area contributed by atoms with Crippen LogP contribution in [0.25, 0.3) is 0 Å². The molecule has 144 valence electrons. The summed E-state index contributed by atoms with van der Waals surface area (Å²) in [7, 11) is -1.20. The van der Waals surface area contributed by atoms with E-state index in [4.69, 9.17) is 0 Å². The Morgan fingerprint density at radius 1 is 1.08 bits per heavy atom. The van der Waals surface area contributed by atoms with Crippen LogP contribution in [0, 0.1) is 17.8 Å². The molecule has 2 aliphatic carbocycles. The van der Waals surface area contributed by atoms with Gasteiger partial charge >= 0.3 is 0 Å². The second-order valence-electron chi connectivity index (χ2n) is 8.16. The van der Waals surface area contributed by atoms with Crippen LogP contribution in [0.3, 0.4) is 0 Å². The Bertz CT molecular complexity index is 570. The summed E-state index contributed by atoms with van der Waals surface area (Å²) in [5.74, 6) is 3.33. The number of hydrogen-bond acceptors (Lipinski definition) is 3. The van der Waals surface area contributed by atoms with Crippen molar-refractivity contribution in [2.75, 3.05) is 32.9 Å². The molecule has 1 saturated heterocycles. The van der Waals surface area contributed by atoms with Gasteiger partial charge in [-0.2, -0.15) is 0 Å². The first-order chi connectivity index (χ1) is 12.0. The third-order valence-electron chi connectivity index (χ3n) is 6.45. The molecule has 0 amide bonds. The normalized spacial score (nSPS) is 32.4. The molecule has 6 nitrogen and oxygen atoms in total. The topological polar surface area (TPSA) is 73.8 Å². The molecule has 7 heteroatoms. The lowest BCUT2D eigenvalue weighted by atomic mass is 9.79. The van der Waals surface area contributed by atoms with Crippen molar-refractivity contribution in [3.63, 3.8) is 0 Å². The van der Waals surface area contributed by atoms with Crippen LogP contribution >= 0.6 is 0 Å². The third kappa shape index (κ3) is 5.09. The molecule has 0 radical (unpaired) electrons. The number of piperidine rings is 1. The molecular formula is C18H34N4O2S. The maximum atomic E-state index is 11.6. The van der Waals surface area contributed by atoms with Crippen LogP contribution in [-0.2, 0) is 10.0 Å². The standard InChI is InChI=1S/C18H34N4O2S/c1-19-18(21-17-7-6-15-4-3-5-16(15)12-17)20-13-14-8-10-22(11-9-14)25(2,23)24/h14-17H,3-13H2,1-2H3,(H2,19,20,21). The minimum Gasteiger partial charge on any atom is -0.356 e. The fourth-order valence-electron chi connectivity index (χ4n) is 4.91. The van der Waals surface area contributed by atoms with Crippen LogP contribution in [0.15, 0.2) is 4.99 Å². The van der Waals surface area contributed by atoms with Gasteiger partial charge in [-0.25, -0.2) is 12.7 Å². The van der Waals surface area contributed by atoms with E-state index in [0.717, 1.165) is 37.2 Å². The molecule has 3 fully saturated rings. The molecule has 3 rings (SSSR count). The SMILES string of the molecule is CN=C(NCC1CCN(S(C)(=O)=O)CC1)NC1CCC2CCCC2C1. The van der Waals surface area contributed by atoms with Gasteiger partial charge in [-0.3, -0.25) is 4.99 Å². The maximum Gasteiger partial charge on any atom is 0.211 e. The van der Waals surface area contributed by atoms with Crippen molar-refractivity contribution in [1.29, 1.82) is 0 Å². The monoisotopic (exact) mass is 370 g/mol. The second kappa shape index (κ2) is 8.25. The Kier molecular flexibility index (Phi) is 6.25. The van der Waals surface area contributed by atoms with Crippen molar-refractivity contribution in [1.82, 2.24) is 14.9 Å². The highest BCUT2D eigenvalue weighted by Crippen LogP contribution is 2.42. The lowest BCUT2D eigenvalue weighted by Gasteiger charge is -2.34. The van der Waals surface area contributed by atoms with Gasteiger partial charge in [0, 0.05) is 32.7 Å². The van der Waals surface area contributed by atoms with Crippen molar-refractivity contribution >= 4 is 16.0 Å². The van der Waals surface area contributed by atoms with Gasteiger partial charge < -0.3 is 10.6 Å². The number of fused-ring (bicyclic) bond motifs is 1. The van der Waals surface area contributed by atoms with Crippen molar-refractivity contribution in [2.24, 2.45) is 22.7 Å². The average molecular weight is 371 g/mol. The van der Waals surface area contributed by atoms with Gasteiger partial charge in [0.1, 0.15) is 0 Å².